The van der Waals surface area contributed by atoms with Crippen LogP contribution in [0.15, 0.2) is 12.3 Å². The lowest BCUT2D eigenvalue weighted by Gasteiger charge is -2.09. The number of nitrogens with zero attached hydrogens (tertiary/aromatic N) is 2. The van der Waals surface area contributed by atoms with Gasteiger partial charge in [0.1, 0.15) is 0 Å². The highest BCUT2D eigenvalue weighted by molar-refractivity contribution is 7.91. The molecule has 0 radical (unpaired) electrons. The summed E-state index contributed by atoms with van der Waals surface area (Å²) in [7, 11) is -2.81. The van der Waals surface area contributed by atoms with E-state index >= 15 is 0 Å². The molecule has 0 amide bonds. The van der Waals surface area contributed by atoms with Crippen LogP contribution in [0.3, 0.4) is 0 Å². The van der Waals surface area contributed by atoms with E-state index in [1.807, 2.05) is 10.9 Å². The topological polar surface area (TPSA) is 52.0 Å². The second kappa shape index (κ2) is 4.12. The van der Waals surface area contributed by atoms with Crippen molar-refractivity contribution in [2.24, 2.45) is 0 Å². The van der Waals surface area contributed by atoms with Gasteiger partial charge in [0.25, 0.3) is 0 Å². The average molecular weight is 254 g/mol. The highest BCUT2D eigenvalue weighted by Gasteiger charge is 2.30. The van der Waals surface area contributed by atoms with E-state index in [0.717, 1.165) is 5.69 Å². The van der Waals surface area contributed by atoms with Crippen LogP contribution >= 0.6 is 0 Å². The summed E-state index contributed by atoms with van der Waals surface area (Å²) in [4.78, 5) is 0. The number of sulfone groups is 1. The van der Waals surface area contributed by atoms with E-state index in [4.69, 9.17) is 0 Å². The molecule has 1 saturated carbocycles. The molecule has 2 fully saturated rings. The van der Waals surface area contributed by atoms with Crippen LogP contribution in [0.5, 0.6) is 0 Å². The van der Waals surface area contributed by atoms with Crippen LogP contribution in [-0.4, -0.2) is 29.7 Å². The molecule has 1 aromatic rings. The van der Waals surface area contributed by atoms with Gasteiger partial charge in [0.05, 0.1) is 23.2 Å². The summed E-state index contributed by atoms with van der Waals surface area (Å²) in [6, 6.07) is 2.14. The van der Waals surface area contributed by atoms with Crippen LogP contribution in [0.2, 0.25) is 0 Å². The molecule has 2 heterocycles. The van der Waals surface area contributed by atoms with Crippen molar-refractivity contribution in [3.05, 3.63) is 18.0 Å². The van der Waals surface area contributed by atoms with E-state index in [1.54, 1.807) is 0 Å². The van der Waals surface area contributed by atoms with Gasteiger partial charge in [0.15, 0.2) is 9.84 Å². The lowest BCUT2D eigenvalue weighted by molar-refractivity contribution is 0.489. The summed E-state index contributed by atoms with van der Waals surface area (Å²) in [5, 5.41) is 4.59. The largest absolute Gasteiger partial charge is 0.268 e. The number of rotatable bonds is 2. The third-order valence-electron chi connectivity index (χ3n) is 3.98. The fourth-order valence-electron chi connectivity index (χ4n) is 2.98. The minimum Gasteiger partial charge on any atom is -0.268 e. The molecule has 3 rings (SSSR count). The van der Waals surface area contributed by atoms with Gasteiger partial charge in [0.2, 0.25) is 0 Å². The molecular weight excluding hydrogens is 236 g/mol. The molecule has 1 aliphatic carbocycles. The standard InChI is InChI=1S/C12H18N2O2S/c15-17(16)8-6-11(9-17)14-7-5-12(13-14)10-3-1-2-4-10/h5,7,10-11H,1-4,6,8-9H2. The average Bonchev–Trinajstić information content (AvgIpc) is 2.93. The highest BCUT2D eigenvalue weighted by Crippen LogP contribution is 2.33. The van der Waals surface area contributed by atoms with Gasteiger partial charge in [-0.3, -0.25) is 4.68 Å². The van der Waals surface area contributed by atoms with Crippen molar-refractivity contribution < 1.29 is 8.42 Å². The first-order valence-electron chi connectivity index (χ1n) is 6.39. The molecule has 0 spiro atoms. The Morgan fingerprint density at radius 3 is 2.65 bits per heavy atom. The normalized spacial score (nSPS) is 28.8. The highest BCUT2D eigenvalue weighted by atomic mass is 32.2. The Morgan fingerprint density at radius 1 is 1.24 bits per heavy atom. The van der Waals surface area contributed by atoms with Crippen molar-refractivity contribution in [1.82, 2.24) is 9.78 Å². The van der Waals surface area contributed by atoms with Gasteiger partial charge in [-0.25, -0.2) is 8.42 Å². The van der Waals surface area contributed by atoms with Crippen LogP contribution in [-0.2, 0) is 9.84 Å². The Labute approximate surface area is 102 Å². The third kappa shape index (κ3) is 2.25. The minimum absolute atomic E-state index is 0.0650. The number of hydrogen-bond donors (Lipinski definition) is 0. The fourth-order valence-corrected chi connectivity index (χ4v) is 4.68. The van der Waals surface area contributed by atoms with Crippen LogP contribution < -0.4 is 0 Å². The van der Waals surface area contributed by atoms with Crippen molar-refractivity contribution in [2.45, 2.75) is 44.1 Å². The molecule has 2 aliphatic rings. The SMILES string of the molecule is O=S1(=O)CCC(n2ccc(C3CCCC3)n2)C1. The smallest absolute Gasteiger partial charge is 0.152 e. The summed E-state index contributed by atoms with van der Waals surface area (Å²) in [6.45, 7) is 0. The molecule has 94 valence electrons. The Kier molecular flexibility index (Phi) is 2.73. The van der Waals surface area contributed by atoms with Crippen molar-refractivity contribution in [1.29, 1.82) is 0 Å². The van der Waals surface area contributed by atoms with Crippen LogP contribution in [0.1, 0.15) is 49.8 Å². The van der Waals surface area contributed by atoms with Crippen molar-refractivity contribution in [3.63, 3.8) is 0 Å². The van der Waals surface area contributed by atoms with Gasteiger partial charge in [-0.15, -0.1) is 0 Å². The van der Waals surface area contributed by atoms with Gasteiger partial charge in [-0.2, -0.15) is 5.10 Å². The summed E-state index contributed by atoms with van der Waals surface area (Å²) < 4.78 is 24.7. The second-order valence-electron chi connectivity index (χ2n) is 5.26. The first kappa shape index (κ1) is 11.3. The van der Waals surface area contributed by atoms with Crippen molar-refractivity contribution >= 4 is 9.84 Å². The number of aromatic nitrogens is 2. The molecule has 4 nitrogen and oxygen atoms in total. The maximum Gasteiger partial charge on any atom is 0.152 e. The zero-order valence-electron chi connectivity index (χ0n) is 9.88. The van der Waals surface area contributed by atoms with Crippen LogP contribution in [0.25, 0.3) is 0 Å². The summed E-state index contributed by atoms with van der Waals surface area (Å²) in [5.74, 6) is 1.18. The first-order chi connectivity index (χ1) is 8.14. The fraction of sp³-hybridized carbons (Fsp3) is 0.750. The number of hydrogen-bond acceptors (Lipinski definition) is 3. The van der Waals surface area contributed by atoms with Gasteiger partial charge < -0.3 is 0 Å². The third-order valence-corrected chi connectivity index (χ3v) is 5.74. The summed E-state index contributed by atoms with van der Waals surface area (Å²) in [6.07, 6.45) is 7.75. The molecule has 1 aliphatic heterocycles. The Hall–Kier alpha value is -0.840. The van der Waals surface area contributed by atoms with Gasteiger partial charge in [0, 0.05) is 12.1 Å². The predicted molar refractivity (Wildman–Crippen MR) is 65.7 cm³/mol. The molecular formula is C12H18N2O2S. The summed E-state index contributed by atoms with van der Waals surface area (Å²) in [5.41, 5.74) is 1.16. The van der Waals surface area contributed by atoms with Gasteiger partial charge in [-0.1, -0.05) is 12.8 Å². The van der Waals surface area contributed by atoms with E-state index < -0.39 is 9.84 Å². The predicted octanol–water partition coefficient (Wildman–Crippen LogP) is 1.90. The maximum atomic E-state index is 11.4. The minimum atomic E-state index is -2.81. The first-order valence-corrected chi connectivity index (χ1v) is 8.22. The molecule has 1 unspecified atom stereocenters. The lowest BCUT2D eigenvalue weighted by atomic mass is 10.1. The molecule has 0 bridgehead atoms. The van der Waals surface area contributed by atoms with E-state index in [9.17, 15) is 8.42 Å². The van der Waals surface area contributed by atoms with E-state index in [1.165, 1.54) is 25.7 Å². The molecule has 1 aromatic heterocycles. The Balaban J connectivity index is 1.76. The van der Waals surface area contributed by atoms with Crippen molar-refractivity contribution in [3.8, 4) is 0 Å². The van der Waals surface area contributed by atoms with Crippen molar-refractivity contribution in [2.75, 3.05) is 11.5 Å². The zero-order valence-corrected chi connectivity index (χ0v) is 10.7. The Morgan fingerprint density at radius 2 is 2.00 bits per heavy atom. The zero-order chi connectivity index (χ0) is 11.9. The molecule has 5 heteroatoms. The molecule has 1 saturated heterocycles. The quantitative estimate of drug-likeness (QED) is 0.810. The van der Waals surface area contributed by atoms with E-state index in [2.05, 4.69) is 11.2 Å². The molecule has 17 heavy (non-hydrogen) atoms. The van der Waals surface area contributed by atoms with E-state index in [0.29, 0.717) is 18.1 Å². The monoisotopic (exact) mass is 254 g/mol. The van der Waals surface area contributed by atoms with Crippen LogP contribution in [0.4, 0.5) is 0 Å². The molecule has 1 atom stereocenters. The Bertz CT molecular complexity index is 500. The lowest BCUT2D eigenvalue weighted by Crippen LogP contribution is -2.12. The molecule has 0 aromatic carbocycles. The molecule has 0 N–H and O–H groups in total. The van der Waals surface area contributed by atoms with E-state index in [-0.39, 0.29) is 11.8 Å². The maximum absolute atomic E-state index is 11.4. The van der Waals surface area contributed by atoms with Gasteiger partial charge >= 0.3 is 0 Å². The second-order valence-corrected chi connectivity index (χ2v) is 7.49. The van der Waals surface area contributed by atoms with Gasteiger partial charge in [-0.05, 0) is 25.3 Å². The summed E-state index contributed by atoms with van der Waals surface area (Å²) >= 11 is 0. The van der Waals surface area contributed by atoms with Crippen LogP contribution in [0, 0.1) is 0 Å².